The van der Waals surface area contributed by atoms with Crippen molar-refractivity contribution < 1.29 is 18.3 Å². The molecular weight excluding hydrogens is 601 g/mol. The molecule has 2 aromatic heterocycles. The van der Waals surface area contributed by atoms with E-state index < -0.39 is 17.2 Å². The Morgan fingerprint density at radius 1 is 0.957 bits per heavy atom. The maximum Gasteiger partial charge on any atom is 0.256 e. The number of nitrogens with one attached hydrogen (secondary N) is 2. The molecule has 2 aliphatic rings. The lowest BCUT2D eigenvalue weighted by Crippen LogP contribution is -2.42. The van der Waals surface area contributed by atoms with E-state index >= 15 is 4.39 Å². The van der Waals surface area contributed by atoms with E-state index in [-0.39, 0.29) is 27.6 Å². The maximum absolute atomic E-state index is 16.0. The van der Waals surface area contributed by atoms with Gasteiger partial charge in [0.1, 0.15) is 16.8 Å². The molecule has 1 atom stereocenters. The van der Waals surface area contributed by atoms with E-state index in [4.69, 9.17) is 9.15 Å². The van der Waals surface area contributed by atoms with Crippen molar-refractivity contribution >= 4 is 60.7 Å². The molecule has 6 aromatic rings. The molecule has 4 aromatic carbocycles. The molecule has 10 nitrogen and oxygen atoms in total. The van der Waals surface area contributed by atoms with Crippen LogP contribution in [0.3, 0.4) is 0 Å². The highest BCUT2D eigenvalue weighted by Crippen LogP contribution is 2.36. The third-order valence-electron chi connectivity index (χ3n) is 9.99. The van der Waals surface area contributed by atoms with E-state index in [1.165, 1.54) is 12.3 Å². The van der Waals surface area contributed by atoms with Crippen molar-refractivity contribution in [2.75, 3.05) is 64.8 Å². The number of morpholine rings is 1. The number of aromatic nitrogens is 1. The average molecular weight is 638 g/mol. The molecule has 4 heterocycles. The first-order chi connectivity index (χ1) is 22.9. The van der Waals surface area contributed by atoms with E-state index in [0.717, 1.165) is 49.7 Å². The first kappa shape index (κ1) is 29.8. The van der Waals surface area contributed by atoms with Crippen molar-refractivity contribution in [1.82, 2.24) is 19.5 Å². The molecule has 0 radical (unpaired) electrons. The quantitative estimate of drug-likeness (QED) is 0.187. The second kappa shape index (κ2) is 11.9. The Morgan fingerprint density at radius 3 is 2.55 bits per heavy atom. The Labute approximate surface area is 269 Å². The van der Waals surface area contributed by atoms with Crippen LogP contribution in [-0.2, 0) is 4.74 Å². The second-order valence-corrected chi connectivity index (χ2v) is 12.7. The molecule has 8 rings (SSSR count). The van der Waals surface area contributed by atoms with Crippen molar-refractivity contribution in [3.8, 4) is 0 Å². The van der Waals surface area contributed by atoms with Gasteiger partial charge in [0.2, 0.25) is 5.43 Å². The van der Waals surface area contributed by atoms with Crippen LogP contribution in [0.4, 0.5) is 10.1 Å². The summed E-state index contributed by atoms with van der Waals surface area (Å²) in [6.07, 6.45) is 4.57. The number of pyridine rings is 1. The van der Waals surface area contributed by atoms with Gasteiger partial charge in [-0.25, -0.2) is 4.39 Å². The molecule has 0 spiro atoms. The molecule has 11 heteroatoms. The second-order valence-electron chi connectivity index (χ2n) is 12.7. The van der Waals surface area contributed by atoms with Gasteiger partial charge in [0.15, 0.2) is 22.4 Å². The molecule has 0 aliphatic carbocycles. The van der Waals surface area contributed by atoms with Crippen LogP contribution in [0.25, 0.3) is 49.1 Å². The average Bonchev–Trinajstić information content (AvgIpc) is 3.62. The summed E-state index contributed by atoms with van der Waals surface area (Å²) in [7, 11) is 2.10. The molecule has 2 N–H and O–H groups in total. The van der Waals surface area contributed by atoms with Gasteiger partial charge in [0.25, 0.3) is 5.91 Å². The lowest BCUT2D eigenvalue weighted by Gasteiger charge is -2.26. The van der Waals surface area contributed by atoms with Gasteiger partial charge in [0.05, 0.1) is 24.1 Å². The van der Waals surface area contributed by atoms with E-state index in [1.54, 1.807) is 16.5 Å². The fraction of sp³-hybridized carbons (Fsp3) is 0.361. The highest BCUT2D eigenvalue weighted by atomic mass is 19.1. The highest BCUT2D eigenvalue weighted by Gasteiger charge is 2.25. The lowest BCUT2D eigenvalue weighted by atomic mass is 10.1. The van der Waals surface area contributed by atoms with Crippen molar-refractivity contribution in [2.45, 2.75) is 25.3 Å². The van der Waals surface area contributed by atoms with Crippen LogP contribution in [0.1, 0.15) is 29.6 Å². The third kappa shape index (κ3) is 5.09. The minimum Gasteiger partial charge on any atom is -0.451 e. The highest BCUT2D eigenvalue weighted by molar-refractivity contribution is 6.15. The lowest BCUT2D eigenvalue weighted by molar-refractivity contribution is 0.0383. The van der Waals surface area contributed by atoms with E-state index in [1.807, 2.05) is 24.3 Å². The summed E-state index contributed by atoms with van der Waals surface area (Å²) in [6, 6.07) is 12.5. The molecule has 2 saturated heterocycles. The predicted molar refractivity (Wildman–Crippen MR) is 182 cm³/mol. The number of amides is 1. The number of ether oxygens (including phenoxy) is 1. The van der Waals surface area contributed by atoms with E-state index in [9.17, 15) is 14.4 Å². The van der Waals surface area contributed by atoms with Crippen LogP contribution in [0.2, 0.25) is 0 Å². The van der Waals surface area contributed by atoms with Crippen LogP contribution < -0.4 is 21.5 Å². The zero-order chi connectivity index (χ0) is 32.2. The minimum absolute atomic E-state index is 0.0435. The Hall–Kier alpha value is -4.58. The number of hydrogen-bond acceptors (Lipinski definition) is 8. The molecule has 0 saturated carbocycles. The van der Waals surface area contributed by atoms with Crippen molar-refractivity contribution in [3.63, 3.8) is 0 Å². The summed E-state index contributed by atoms with van der Waals surface area (Å²) in [5.41, 5.74) is 0.779. The molecule has 2 aliphatic heterocycles. The fourth-order valence-corrected chi connectivity index (χ4v) is 7.42. The van der Waals surface area contributed by atoms with Gasteiger partial charge in [-0.1, -0.05) is 24.3 Å². The van der Waals surface area contributed by atoms with Gasteiger partial charge < -0.3 is 29.1 Å². The summed E-state index contributed by atoms with van der Waals surface area (Å²) in [5.74, 6) is -1.18. The molecule has 47 heavy (non-hydrogen) atoms. The number of benzene rings is 3. The zero-order valence-corrected chi connectivity index (χ0v) is 26.2. The first-order valence-corrected chi connectivity index (χ1v) is 16.3. The van der Waals surface area contributed by atoms with Gasteiger partial charge in [-0.15, -0.1) is 0 Å². The van der Waals surface area contributed by atoms with Crippen LogP contribution in [0.5, 0.6) is 0 Å². The third-order valence-corrected chi connectivity index (χ3v) is 9.99. The van der Waals surface area contributed by atoms with Gasteiger partial charge >= 0.3 is 0 Å². The predicted octanol–water partition coefficient (Wildman–Crippen LogP) is 4.40. The Bertz CT molecular complexity index is 2290. The van der Waals surface area contributed by atoms with Gasteiger partial charge in [-0.3, -0.25) is 19.3 Å². The smallest absolute Gasteiger partial charge is 0.256 e. The summed E-state index contributed by atoms with van der Waals surface area (Å²) >= 11 is 0. The summed E-state index contributed by atoms with van der Waals surface area (Å²) in [5, 5.41) is 8.80. The zero-order valence-electron chi connectivity index (χ0n) is 26.2. The number of hydrogen-bond donors (Lipinski definition) is 2. The van der Waals surface area contributed by atoms with E-state index in [2.05, 4.69) is 27.5 Å². The van der Waals surface area contributed by atoms with Crippen LogP contribution in [-0.4, -0.2) is 85.7 Å². The fourth-order valence-electron chi connectivity index (χ4n) is 7.42. The standard InChI is InChI=1S/C36H36FN5O5/c1-40-11-4-5-21(40)8-9-38-31-28(37)17-26-32-35(31)47-30-19-25-24(22-6-2-3-7-23(22)33(25)43)18-29(30)42(32)20-27(34(26)44)36(45)39-10-12-41-13-15-46-16-14-41/h2-3,6-7,17-21,38H,4-5,8-16H2,1H3,(H,39,45). The summed E-state index contributed by atoms with van der Waals surface area (Å²) < 4.78 is 29.6. The summed E-state index contributed by atoms with van der Waals surface area (Å²) in [6.45, 7) is 5.37. The van der Waals surface area contributed by atoms with Crippen molar-refractivity contribution in [3.05, 3.63) is 80.5 Å². The SMILES string of the molecule is CN1CCCC1CCNc1c(F)cc2c(=O)c(C(=O)NCCN3CCOCC3)cn3c4cc5c(cc4oc1c23)c(=O)c1ccccc15. The van der Waals surface area contributed by atoms with Crippen molar-refractivity contribution in [2.24, 2.45) is 0 Å². The number of rotatable bonds is 8. The van der Waals surface area contributed by atoms with Gasteiger partial charge in [-0.2, -0.15) is 0 Å². The number of anilines is 1. The summed E-state index contributed by atoms with van der Waals surface area (Å²) in [4.78, 5) is 45.3. The van der Waals surface area contributed by atoms with Crippen LogP contribution in [0, 0.1) is 5.82 Å². The largest absolute Gasteiger partial charge is 0.451 e. The number of carbonyl (C=O) groups is 1. The van der Waals surface area contributed by atoms with Crippen LogP contribution >= 0.6 is 0 Å². The van der Waals surface area contributed by atoms with Crippen LogP contribution in [0.15, 0.2) is 62.7 Å². The Kier molecular flexibility index (Phi) is 7.54. The van der Waals surface area contributed by atoms with Gasteiger partial charge in [-0.05, 0) is 61.8 Å². The number of likely N-dealkylation sites (tertiary alicyclic amines) is 1. The number of halogens is 1. The monoisotopic (exact) mass is 637 g/mol. The maximum atomic E-state index is 16.0. The first-order valence-electron chi connectivity index (χ1n) is 16.3. The van der Waals surface area contributed by atoms with Gasteiger partial charge in [0, 0.05) is 55.7 Å². The Balaban J connectivity index is 1.28. The molecule has 2 fully saturated rings. The number of nitrogens with zero attached hydrogens (tertiary/aromatic N) is 3. The molecule has 0 bridgehead atoms. The van der Waals surface area contributed by atoms with E-state index in [0.29, 0.717) is 66.3 Å². The van der Waals surface area contributed by atoms with Crippen molar-refractivity contribution in [1.29, 1.82) is 0 Å². The normalized spacial score (nSPS) is 18.0. The molecule has 1 unspecified atom stereocenters. The number of fused-ring (bicyclic) bond motifs is 5. The molecular formula is C36H36FN5O5. The minimum atomic E-state index is -0.645. The number of carbonyl (C=O) groups excluding carboxylic acids is 1. The molecule has 1 amide bonds. The molecule has 242 valence electrons. The topological polar surface area (TPSA) is 109 Å². The Morgan fingerprint density at radius 2 is 1.77 bits per heavy atom.